The van der Waals surface area contributed by atoms with Gasteiger partial charge in [-0.15, -0.1) is 11.3 Å². The molecule has 0 bridgehead atoms. The third-order valence-electron chi connectivity index (χ3n) is 6.17. The SMILES string of the molecule is COc1cc(C(O)N(Cc2csc(-c3ccccc3)n2)C[C@@H]2CCCN2)cc2c1OC(C)(C)O2. The molecule has 180 valence electrons. The van der Waals surface area contributed by atoms with E-state index in [1.165, 1.54) is 0 Å². The number of fused-ring (bicyclic) bond motifs is 1. The van der Waals surface area contributed by atoms with Crippen molar-refractivity contribution in [1.82, 2.24) is 15.2 Å². The molecule has 0 radical (unpaired) electrons. The van der Waals surface area contributed by atoms with E-state index in [1.54, 1.807) is 18.4 Å². The molecule has 1 fully saturated rings. The van der Waals surface area contributed by atoms with E-state index < -0.39 is 12.0 Å². The molecule has 7 nitrogen and oxygen atoms in total. The summed E-state index contributed by atoms with van der Waals surface area (Å²) in [4.78, 5) is 6.92. The van der Waals surface area contributed by atoms with Gasteiger partial charge in [0, 0.05) is 49.5 Å². The molecule has 5 rings (SSSR count). The van der Waals surface area contributed by atoms with E-state index >= 15 is 0 Å². The summed E-state index contributed by atoms with van der Waals surface area (Å²) >= 11 is 1.63. The Bertz CT molecular complexity index is 1130. The van der Waals surface area contributed by atoms with Gasteiger partial charge in [0.05, 0.1) is 12.8 Å². The van der Waals surface area contributed by atoms with Crippen LogP contribution in [0, 0.1) is 0 Å². The van der Waals surface area contributed by atoms with Gasteiger partial charge in [-0.2, -0.15) is 0 Å². The second-order valence-electron chi connectivity index (χ2n) is 9.26. The average Bonchev–Trinajstić information content (AvgIpc) is 3.57. The van der Waals surface area contributed by atoms with Crippen molar-refractivity contribution < 1.29 is 19.3 Å². The predicted molar refractivity (Wildman–Crippen MR) is 132 cm³/mol. The largest absolute Gasteiger partial charge is 0.493 e. The second-order valence-corrected chi connectivity index (χ2v) is 10.1. The minimum atomic E-state index is -0.851. The van der Waals surface area contributed by atoms with Crippen molar-refractivity contribution in [2.24, 2.45) is 0 Å². The van der Waals surface area contributed by atoms with Gasteiger partial charge in [-0.05, 0) is 31.5 Å². The van der Waals surface area contributed by atoms with Crippen LogP contribution in [-0.4, -0.2) is 47.0 Å². The van der Waals surface area contributed by atoms with Crippen molar-refractivity contribution in [3.63, 3.8) is 0 Å². The number of hydrogen-bond donors (Lipinski definition) is 2. The number of nitrogens with zero attached hydrogens (tertiary/aromatic N) is 2. The molecule has 1 unspecified atom stereocenters. The molecule has 0 saturated carbocycles. The number of rotatable bonds is 8. The molecule has 1 aromatic heterocycles. The predicted octanol–water partition coefficient (Wildman–Crippen LogP) is 4.57. The van der Waals surface area contributed by atoms with Crippen molar-refractivity contribution in [1.29, 1.82) is 0 Å². The monoisotopic (exact) mass is 481 g/mol. The molecule has 2 N–H and O–H groups in total. The van der Waals surface area contributed by atoms with E-state index in [9.17, 15) is 5.11 Å². The maximum absolute atomic E-state index is 11.5. The van der Waals surface area contributed by atoms with Gasteiger partial charge in [0.15, 0.2) is 11.5 Å². The fourth-order valence-corrected chi connectivity index (χ4v) is 5.38. The normalized spacial score (nSPS) is 19.5. The molecule has 2 aromatic carbocycles. The highest BCUT2D eigenvalue weighted by Gasteiger charge is 2.36. The van der Waals surface area contributed by atoms with Crippen LogP contribution >= 0.6 is 11.3 Å². The van der Waals surface area contributed by atoms with Gasteiger partial charge >= 0.3 is 0 Å². The van der Waals surface area contributed by atoms with Crippen LogP contribution in [0.3, 0.4) is 0 Å². The molecule has 8 heteroatoms. The topological polar surface area (TPSA) is 76.1 Å². The molecule has 0 spiro atoms. The van der Waals surface area contributed by atoms with Crippen LogP contribution in [-0.2, 0) is 6.54 Å². The van der Waals surface area contributed by atoms with Gasteiger partial charge in [0.25, 0.3) is 0 Å². The van der Waals surface area contributed by atoms with Gasteiger partial charge in [0.2, 0.25) is 11.5 Å². The van der Waals surface area contributed by atoms with Crippen LogP contribution in [0.2, 0.25) is 0 Å². The number of aromatic nitrogens is 1. The van der Waals surface area contributed by atoms with Crippen molar-refractivity contribution >= 4 is 11.3 Å². The molecule has 2 aliphatic rings. The summed E-state index contributed by atoms with van der Waals surface area (Å²) in [5.41, 5.74) is 2.74. The second kappa shape index (κ2) is 9.54. The summed E-state index contributed by atoms with van der Waals surface area (Å²) < 4.78 is 17.4. The van der Waals surface area contributed by atoms with Gasteiger partial charge in [-0.1, -0.05) is 30.3 Å². The number of hydrogen-bond acceptors (Lipinski definition) is 8. The lowest BCUT2D eigenvalue weighted by atomic mass is 10.1. The van der Waals surface area contributed by atoms with Crippen molar-refractivity contribution in [2.75, 3.05) is 20.2 Å². The summed E-state index contributed by atoms with van der Waals surface area (Å²) in [6.07, 6.45) is 1.39. The van der Waals surface area contributed by atoms with Gasteiger partial charge < -0.3 is 24.6 Å². The average molecular weight is 482 g/mol. The van der Waals surface area contributed by atoms with Crippen LogP contribution in [0.15, 0.2) is 47.8 Å². The molecule has 2 atom stereocenters. The molecular weight excluding hydrogens is 450 g/mol. The summed E-state index contributed by atoms with van der Waals surface area (Å²) in [7, 11) is 1.60. The van der Waals surface area contributed by atoms with Crippen molar-refractivity contribution in [3.05, 3.63) is 59.1 Å². The Morgan fingerprint density at radius 1 is 1.26 bits per heavy atom. The first-order valence-electron chi connectivity index (χ1n) is 11.7. The molecule has 34 heavy (non-hydrogen) atoms. The zero-order valence-electron chi connectivity index (χ0n) is 19.8. The van der Waals surface area contributed by atoms with E-state index in [1.807, 2.05) is 44.2 Å². The lowest BCUT2D eigenvalue weighted by Crippen LogP contribution is -2.39. The number of benzene rings is 2. The van der Waals surface area contributed by atoms with E-state index in [-0.39, 0.29) is 0 Å². The molecule has 2 aliphatic heterocycles. The highest BCUT2D eigenvalue weighted by atomic mass is 32.1. The zero-order valence-corrected chi connectivity index (χ0v) is 20.6. The molecular formula is C26H31N3O4S. The molecule has 0 aliphatic carbocycles. The van der Waals surface area contributed by atoms with E-state index in [4.69, 9.17) is 19.2 Å². The molecule has 0 amide bonds. The van der Waals surface area contributed by atoms with Crippen molar-refractivity contribution in [2.45, 2.75) is 51.3 Å². The smallest absolute Gasteiger partial charge is 0.246 e. The summed E-state index contributed by atoms with van der Waals surface area (Å²) in [6, 6.07) is 14.2. The Balaban J connectivity index is 1.42. The first kappa shape index (κ1) is 23.1. The Labute approximate surface area is 204 Å². The summed E-state index contributed by atoms with van der Waals surface area (Å²) in [6.45, 7) is 5.96. The fourth-order valence-electron chi connectivity index (χ4n) is 4.56. The fraction of sp³-hybridized carbons (Fsp3) is 0.423. The van der Waals surface area contributed by atoms with E-state index in [2.05, 4.69) is 27.7 Å². The first-order valence-corrected chi connectivity index (χ1v) is 12.5. The minimum absolute atomic E-state index is 0.330. The maximum Gasteiger partial charge on any atom is 0.246 e. The lowest BCUT2D eigenvalue weighted by molar-refractivity contribution is -0.0441. The Kier molecular flexibility index (Phi) is 6.48. The molecule has 3 aromatic rings. The van der Waals surface area contributed by atoms with Crippen LogP contribution in [0.25, 0.3) is 10.6 Å². The zero-order chi connectivity index (χ0) is 23.7. The van der Waals surface area contributed by atoms with Gasteiger partial charge in [-0.3, -0.25) is 4.90 Å². The lowest BCUT2D eigenvalue weighted by Gasteiger charge is -2.30. The standard InChI is InChI=1S/C26H31N3O4S/c1-26(2)32-22-13-18(12-21(31-3)23(22)33-26)25(30)29(14-19-10-7-11-27-19)15-20-16-34-24(28-20)17-8-5-4-6-9-17/h4-6,8-9,12-13,16,19,25,27,30H,7,10-11,14-15H2,1-3H3/t19-,25?/m0/s1. The van der Waals surface area contributed by atoms with Crippen LogP contribution in [0.5, 0.6) is 17.2 Å². The van der Waals surface area contributed by atoms with E-state index in [0.29, 0.717) is 41.9 Å². The quantitative estimate of drug-likeness (QED) is 0.457. The van der Waals surface area contributed by atoms with Crippen LogP contribution in [0.4, 0.5) is 0 Å². The van der Waals surface area contributed by atoms with Crippen LogP contribution < -0.4 is 19.5 Å². The Hall–Kier alpha value is -2.65. The first-order chi connectivity index (χ1) is 16.4. The summed E-state index contributed by atoms with van der Waals surface area (Å²) in [5, 5.41) is 18.1. The number of ether oxygens (including phenoxy) is 3. The number of nitrogens with one attached hydrogen (secondary N) is 1. The maximum atomic E-state index is 11.5. The molecule has 1 saturated heterocycles. The number of thiazole rings is 1. The summed E-state index contributed by atoms with van der Waals surface area (Å²) in [5.74, 6) is 0.925. The third kappa shape index (κ3) is 4.90. The highest BCUT2D eigenvalue weighted by Crippen LogP contribution is 2.47. The number of methoxy groups -OCH3 is 1. The van der Waals surface area contributed by atoms with Crippen molar-refractivity contribution in [3.8, 4) is 27.8 Å². The molecule has 3 heterocycles. The highest BCUT2D eigenvalue weighted by molar-refractivity contribution is 7.13. The number of aliphatic hydroxyl groups excluding tert-OH is 1. The van der Waals surface area contributed by atoms with Gasteiger partial charge in [0.1, 0.15) is 11.2 Å². The minimum Gasteiger partial charge on any atom is -0.493 e. The Morgan fingerprint density at radius 2 is 2.09 bits per heavy atom. The number of aliphatic hydroxyl groups is 1. The Morgan fingerprint density at radius 3 is 2.82 bits per heavy atom. The van der Waals surface area contributed by atoms with Gasteiger partial charge in [-0.25, -0.2) is 4.98 Å². The van der Waals surface area contributed by atoms with Crippen LogP contribution in [0.1, 0.15) is 44.2 Å². The third-order valence-corrected chi connectivity index (χ3v) is 7.11. The van der Waals surface area contributed by atoms with E-state index in [0.717, 1.165) is 35.7 Å².